The fourth-order valence-corrected chi connectivity index (χ4v) is 3.30. The minimum atomic E-state index is -0.604. The molecule has 2 aromatic rings. The molecule has 4 nitrogen and oxygen atoms in total. The van der Waals surface area contributed by atoms with Crippen molar-refractivity contribution in [2.45, 2.75) is 19.8 Å². The molecule has 2 heterocycles. The van der Waals surface area contributed by atoms with E-state index in [1.54, 1.807) is 6.20 Å². The van der Waals surface area contributed by atoms with E-state index in [9.17, 15) is 13.6 Å². The molecule has 1 N–H and O–H groups in total. The van der Waals surface area contributed by atoms with E-state index in [2.05, 4.69) is 10.3 Å². The number of nitrogens with one attached hydrogen (secondary N) is 1. The van der Waals surface area contributed by atoms with Gasteiger partial charge in [-0.1, -0.05) is 0 Å². The molecule has 7 heteroatoms. The number of aromatic nitrogens is 1. The number of anilines is 1. The van der Waals surface area contributed by atoms with Gasteiger partial charge in [-0.25, -0.2) is 13.8 Å². The topological polar surface area (TPSA) is 51.2 Å². The maximum absolute atomic E-state index is 13.2. The van der Waals surface area contributed by atoms with Crippen molar-refractivity contribution in [3.63, 3.8) is 0 Å². The minimum Gasteiger partial charge on any atom is -0.380 e. The minimum absolute atomic E-state index is 0.118. The van der Waals surface area contributed by atoms with Gasteiger partial charge in [-0.05, 0) is 31.0 Å². The highest BCUT2D eigenvalue weighted by atomic mass is 32.1. The Hall–Kier alpha value is -1.86. The third kappa shape index (κ3) is 3.73. The number of benzene rings is 1. The lowest BCUT2D eigenvalue weighted by molar-refractivity contribution is -0.124. The monoisotopic (exact) mass is 338 g/mol. The van der Waals surface area contributed by atoms with Gasteiger partial charge in [0, 0.05) is 30.2 Å². The summed E-state index contributed by atoms with van der Waals surface area (Å²) < 4.78 is 31.7. The third-order valence-electron chi connectivity index (χ3n) is 3.84. The highest BCUT2D eigenvalue weighted by Crippen LogP contribution is 2.30. The van der Waals surface area contributed by atoms with E-state index >= 15 is 0 Å². The summed E-state index contributed by atoms with van der Waals surface area (Å²) in [6, 6.07) is 3.42. The third-order valence-corrected chi connectivity index (χ3v) is 4.75. The van der Waals surface area contributed by atoms with E-state index in [0.29, 0.717) is 36.8 Å². The summed E-state index contributed by atoms with van der Waals surface area (Å²) in [4.78, 5) is 17.2. The number of nitrogens with zero attached hydrogens (tertiary/aromatic N) is 1. The number of thiazole rings is 1. The first-order valence-electron chi connectivity index (χ1n) is 7.23. The van der Waals surface area contributed by atoms with Crippen molar-refractivity contribution in [3.8, 4) is 0 Å². The van der Waals surface area contributed by atoms with Crippen LogP contribution in [0.4, 0.5) is 13.9 Å². The van der Waals surface area contributed by atoms with Crippen molar-refractivity contribution in [1.29, 1.82) is 0 Å². The number of rotatable bonds is 4. The zero-order chi connectivity index (χ0) is 16.4. The van der Waals surface area contributed by atoms with Gasteiger partial charge in [0.15, 0.2) is 5.13 Å². The van der Waals surface area contributed by atoms with Crippen LogP contribution in [0.3, 0.4) is 0 Å². The lowest BCUT2D eigenvalue weighted by atomic mass is 9.89. The Morgan fingerprint density at radius 1 is 1.39 bits per heavy atom. The smallest absolute Gasteiger partial charge is 0.234 e. The van der Waals surface area contributed by atoms with Crippen LogP contribution in [0.5, 0.6) is 0 Å². The first-order valence-corrected chi connectivity index (χ1v) is 8.05. The Bertz CT molecular complexity index is 706. The van der Waals surface area contributed by atoms with Gasteiger partial charge in [-0.15, -0.1) is 11.3 Å². The first-order chi connectivity index (χ1) is 10.9. The van der Waals surface area contributed by atoms with Crippen LogP contribution in [-0.4, -0.2) is 24.1 Å². The Morgan fingerprint density at radius 2 is 2.13 bits per heavy atom. The fourth-order valence-electron chi connectivity index (χ4n) is 2.46. The molecule has 0 radical (unpaired) electrons. The Labute approximate surface area is 136 Å². The van der Waals surface area contributed by atoms with E-state index in [1.165, 1.54) is 23.5 Å². The summed E-state index contributed by atoms with van der Waals surface area (Å²) in [6.45, 7) is 2.84. The van der Waals surface area contributed by atoms with E-state index in [1.807, 2.05) is 6.92 Å². The van der Waals surface area contributed by atoms with Crippen molar-refractivity contribution in [1.82, 2.24) is 4.98 Å². The van der Waals surface area contributed by atoms with E-state index in [-0.39, 0.29) is 5.91 Å². The molecule has 1 aliphatic rings. The quantitative estimate of drug-likeness (QED) is 0.930. The average Bonchev–Trinajstić information content (AvgIpc) is 3.08. The van der Waals surface area contributed by atoms with Gasteiger partial charge >= 0.3 is 0 Å². The summed E-state index contributed by atoms with van der Waals surface area (Å²) >= 11 is 1.30. The molecular formula is C16H16F2N2O2S. The van der Waals surface area contributed by atoms with Gasteiger partial charge in [0.05, 0.1) is 12.0 Å². The fraction of sp³-hybridized carbons (Fsp3) is 0.375. The molecule has 1 atom stereocenters. The first kappa shape index (κ1) is 16.0. The van der Waals surface area contributed by atoms with Crippen LogP contribution in [0.15, 0.2) is 24.4 Å². The summed E-state index contributed by atoms with van der Waals surface area (Å²) in [5.74, 6) is -1.33. The predicted octanol–water partition coefficient (Wildman–Crippen LogP) is 3.38. The molecule has 0 saturated carbocycles. The number of carbonyl (C=O) groups excluding carboxylic acids is 1. The normalized spacial score (nSPS) is 20.7. The number of ether oxygens (including phenoxy) is 1. The molecule has 1 amide bonds. The molecule has 122 valence electrons. The number of amides is 1. The molecule has 0 aliphatic carbocycles. The standard InChI is InChI=1S/C16H16F2N2O2S/c1-16(2-3-22-9-16)14(21)20-15-19-8-13(23-15)6-10-4-11(17)7-12(18)5-10/h4-5,7-8H,2-3,6,9H2,1H3,(H,19,20,21)/t16-/m1/s1. The summed E-state index contributed by atoms with van der Waals surface area (Å²) in [7, 11) is 0. The van der Waals surface area contributed by atoms with Crippen LogP contribution >= 0.6 is 11.3 Å². The summed E-state index contributed by atoms with van der Waals surface area (Å²) in [5.41, 5.74) is -0.00229. The number of halogens is 2. The van der Waals surface area contributed by atoms with Crippen molar-refractivity contribution < 1.29 is 18.3 Å². The van der Waals surface area contributed by atoms with Crippen LogP contribution in [0.25, 0.3) is 0 Å². The molecule has 1 aromatic carbocycles. The molecule has 1 saturated heterocycles. The van der Waals surface area contributed by atoms with Crippen LogP contribution < -0.4 is 5.32 Å². The average molecular weight is 338 g/mol. The zero-order valence-corrected chi connectivity index (χ0v) is 13.4. The molecule has 0 unspecified atom stereocenters. The molecule has 1 aromatic heterocycles. The molecule has 1 aliphatic heterocycles. The van der Waals surface area contributed by atoms with Crippen LogP contribution in [0, 0.1) is 17.0 Å². The van der Waals surface area contributed by atoms with Crippen LogP contribution in [-0.2, 0) is 16.0 Å². The lowest BCUT2D eigenvalue weighted by Crippen LogP contribution is -2.33. The van der Waals surface area contributed by atoms with E-state index in [0.717, 1.165) is 10.9 Å². The molecule has 23 heavy (non-hydrogen) atoms. The lowest BCUT2D eigenvalue weighted by Gasteiger charge is -2.19. The van der Waals surface area contributed by atoms with Crippen molar-refractivity contribution in [3.05, 3.63) is 46.5 Å². The molecule has 0 bridgehead atoms. The highest BCUT2D eigenvalue weighted by molar-refractivity contribution is 7.15. The zero-order valence-electron chi connectivity index (χ0n) is 12.6. The molecule has 0 spiro atoms. The Kier molecular flexibility index (Phi) is 4.41. The maximum Gasteiger partial charge on any atom is 0.234 e. The summed E-state index contributed by atoms with van der Waals surface area (Å²) in [6.07, 6.45) is 2.65. The largest absolute Gasteiger partial charge is 0.380 e. The number of carbonyl (C=O) groups is 1. The maximum atomic E-state index is 13.2. The van der Waals surface area contributed by atoms with Crippen LogP contribution in [0.1, 0.15) is 23.8 Å². The second-order valence-corrected chi connectivity index (χ2v) is 7.02. The predicted molar refractivity (Wildman–Crippen MR) is 83.5 cm³/mol. The van der Waals surface area contributed by atoms with E-state index in [4.69, 9.17) is 4.74 Å². The summed E-state index contributed by atoms with van der Waals surface area (Å²) in [5, 5.41) is 3.28. The van der Waals surface area contributed by atoms with Gasteiger partial charge in [0.2, 0.25) is 5.91 Å². The Morgan fingerprint density at radius 3 is 2.78 bits per heavy atom. The molecule has 3 rings (SSSR count). The number of hydrogen-bond acceptors (Lipinski definition) is 4. The highest BCUT2D eigenvalue weighted by Gasteiger charge is 2.37. The Balaban J connectivity index is 1.67. The van der Waals surface area contributed by atoms with Gasteiger partial charge < -0.3 is 10.1 Å². The molecule has 1 fully saturated rings. The van der Waals surface area contributed by atoms with Gasteiger partial charge in [0.25, 0.3) is 0 Å². The van der Waals surface area contributed by atoms with Crippen LogP contribution in [0.2, 0.25) is 0 Å². The van der Waals surface area contributed by atoms with Gasteiger partial charge in [0.1, 0.15) is 11.6 Å². The SMILES string of the molecule is C[C@@]1(C(=O)Nc2ncc(Cc3cc(F)cc(F)c3)s2)CCOC1. The van der Waals surface area contributed by atoms with Crippen molar-refractivity contribution in [2.75, 3.05) is 18.5 Å². The van der Waals surface area contributed by atoms with E-state index < -0.39 is 17.0 Å². The van der Waals surface area contributed by atoms with Crippen molar-refractivity contribution in [2.24, 2.45) is 5.41 Å². The molecular weight excluding hydrogens is 322 g/mol. The van der Waals surface area contributed by atoms with Gasteiger partial charge in [-0.3, -0.25) is 4.79 Å². The second-order valence-electron chi connectivity index (χ2n) is 5.90. The van der Waals surface area contributed by atoms with Gasteiger partial charge in [-0.2, -0.15) is 0 Å². The van der Waals surface area contributed by atoms with Crippen molar-refractivity contribution >= 4 is 22.4 Å². The number of hydrogen-bond donors (Lipinski definition) is 1. The second kappa shape index (κ2) is 6.33.